The summed E-state index contributed by atoms with van der Waals surface area (Å²) in [6.07, 6.45) is -4.01. The topological polar surface area (TPSA) is 0 Å². The first kappa shape index (κ1) is 16.1. The van der Waals surface area contributed by atoms with Gasteiger partial charge in [0.2, 0.25) is 0 Å². The van der Waals surface area contributed by atoms with E-state index >= 15 is 0 Å². The SMILES string of the molecule is F/C(=C\c1ccc(C(F)(F)F)cc1)C(F)(F)c1ccccc1. The number of hydrogen-bond acceptors (Lipinski definition) is 0. The van der Waals surface area contributed by atoms with Gasteiger partial charge >= 0.3 is 12.1 Å². The monoisotopic (exact) mass is 316 g/mol. The van der Waals surface area contributed by atoms with Crippen LogP contribution in [0.3, 0.4) is 0 Å². The lowest BCUT2D eigenvalue weighted by atomic mass is 10.0. The van der Waals surface area contributed by atoms with E-state index in [1.165, 1.54) is 18.2 Å². The maximum atomic E-state index is 13.9. The number of allylic oxidation sites excluding steroid dienone is 1. The van der Waals surface area contributed by atoms with Gasteiger partial charge in [0.1, 0.15) is 0 Å². The smallest absolute Gasteiger partial charge is 0.205 e. The zero-order valence-corrected chi connectivity index (χ0v) is 11.0. The van der Waals surface area contributed by atoms with E-state index in [4.69, 9.17) is 0 Å². The second kappa shape index (κ2) is 5.87. The molecular formula is C16H10F6. The Morgan fingerprint density at radius 3 is 1.77 bits per heavy atom. The molecule has 0 N–H and O–H groups in total. The van der Waals surface area contributed by atoms with Crippen LogP contribution in [0.25, 0.3) is 6.08 Å². The fraction of sp³-hybridized carbons (Fsp3) is 0.125. The van der Waals surface area contributed by atoms with Crippen molar-refractivity contribution in [2.24, 2.45) is 0 Å². The molecule has 0 amide bonds. The van der Waals surface area contributed by atoms with Crippen LogP contribution in [0.15, 0.2) is 60.4 Å². The van der Waals surface area contributed by atoms with Crippen LogP contribution >= 0.6 is 0 Å². The summed E-state index contributed by atoms with van der Waals surface area (Å²) in [4.78, 5) is 0. The second-order valence-electron chi connectivity index (χ2n) is 4.55. The van der Waals surface area contributed by atoms with E-state index in [9.17, 15) is 26.3 Å². The van der Waals surface area contributed by atoms with E-state index in [-0.39, 0.29) is 5.56 Å². The predicted molar refractivity (Wildman–Crippen MR) is 70.9 cm³/mol. The Kier molecular flexibility index (Phi) is 4.30. The van der Waals surface area contributed by atoms with Crippen molar-refractivity contribution < 1.29 is 26.3 Å². The summed E-state index contributed by atoms with van der Waals surface area (Å²) in [5, 5.41) is 0. The van der Waals surface area contributed by atoms with Gasteiger partial charge < -0.3 is 0 Å². The number of alkyl halides is 5. The van der Waals surface area contributed by atoms with Crippen molar-refractivity contribution in [2.45, 2.75) is 12.1 Å². The summed E-state index contributed by atoms with van der Waals surface area (Å²) in [6, 6.07) is 9.62. The Hall–Kier alpha value is -2.24. The Morgan fingerprint density at radius 1 is 0.727 bits per heavy atom. The van der Waals surface area contributed by atoms with Crippen LogP contribution in [0, 0.1) is 0 Å². The van der Waals surface area contributed by atoms with E-state index < -0.39 is 29.1 Å². The number of rotatable bonds is 3. The van der Waals surface area contributed by atoms with Crippen LogP contribution in [0.2, 0.25) is 0 Å². The lowest BCUT2D eigenvalue weighted by Gasteiger charge is -2.14. The van der Waals surface area contributed by atoms with Gasteiger partial charge in [-0.2, -0.15) is 22.0 Å². The minimum absolute atomic E-state index is 0.0823. The van der Waals surface area contributed by atoms with Gasteiger partial charge in [0.15, 0.2) is 5.83 Å². The highest BCUT2D eigenvalue weighted by atomic mass is 19.4. The highest BCUT2D eigenvalue weighted by Gasteiger charge is 2.37. The van der Waals surface area contributed by atoms with Gasteiger partial charge in [-0.1, -0.05) is 42.5 Å². The zero-order valence-electron chi connectivity index (χ0n) is 11.0. The molecule has 0 aliphatic heterocycles. The summed E-state index contributed by atoms with van der Waals surface area (Å²) in [6.45, 7) is 0. The molecule has 0 heterocycles. The highest BCUT2D eigenvalue weighted by Crippen LogP contribution is 2.37. The normalized spacial score (nSPS) is 13.3. The average molecular weight is 316 g/mol. The molecule has 0 aromatic heterocycles. The summed E-state index contributed by atoms with van der Waals surface area (Å²) < 4.78 is 78.7. The van der Waals surface area contributed by atoms with Crippen molar-refractivity contribution in [3.05, 3.63) is 77.1 Å². The second-order valence-corrected chi connectivity index (χ2v) is 4.55. The fourth-order valence-electron chi connectivity index (χ4n) is 1.79. The number of hydrogen-bond donors (Lipinski definition) is 0. The summed E-state index contributed by atoms with van der Waals surface area (Å²) in [7, 11) is 0. The lowest BCUT2D eigenvalue weighted by molar-refractivity contribution is -0.137. The minimum atomic E-state index is -4.53. The van der Waals surface area contributed by atoms with Crippen LogP contribution in [0.1, 0.15) is 16.7 Å². The molecule has 2 aromatic rings. The van der Waals surface area contributed by atoms with E-state index in [0.717, 1.165) is 24.3 Å². The number of halogens is 6. The Labute approximate surface area is 122 Å². The first-order valence-corrected chi connectivity index (χ1v) is 6.19. The maximum absolute atomic E-state index is 13.9. The minimum Gasteiger partial charge on any atom is -0.205 e. The summed E-state index contributed by atoms with van der Waals surface area (Å²) >= 11 is 0. The molecule has 22 heavy (non-hydrogen) atoms. The maximum Gasteiger partial charge on any atom is 0.416 e. The molecule has 0 unspecified atom stereocenters. The number of benzene rings is 2. The van der Waals surface area contributed by atoms with Crippen LogP contribution in [-0.2, 0) is 12.1 Å². The average Bonchev–Trinajstić information content (AvgIpc) is 2.47. The van der Waals surface area contributed by atoms with Crippen molar-refractivity contribution in [3.63, 3.8) is 0 Å². The molecule has 0 aliphatic rings. The standard InChI is InChI=1S/C16H10F6/c17-14(15(18,19)12-4-2-1-3-5-12)10-11-6-8-13(9-7-11)16(20,21)22/h1-10H/b14-10-. The van der Waals surface area contributed by atoms with E-state index in [0.29, 0.717) is 18.2 Å². The van der Waals surface area contributed by atoms with Crippen molar-refractivity contribution in [3.8, 4) is 0 Å². The first-order valence-electron chi connectivity index (χ1n) is 6.19. The molecule has 0 atom stereocenters. The molecular weight excluding hydrogens is 306 g/mol. The van der Waals surface area contributed by atoms with Crippen molar-refractivity contribution >= 4 is 6.08 Å². The van der Waals surface area contributed by atoms with E-state index in [2.05, 4.69) is 0 Å². The molecule has 0 saturated carbocycles. The molecule has 0 nitrogen and oxygen atoms in total. The molecule has 0 saturated heterocycles. The lowest BCUT2D eigenvalue weighted by Crippen LogP contribution is -2.13. The fourth-order valence-corrected chi connectivity index (χ4v) is 1.79. The predicted octanol–water partition coefficient (Wildman–Crippen LogP) is 5.81. The molecule has 116 valence electrons. The summed E-state index contributed by atoms with van der Waals surface area (Å²) in [5.41, 5.74) is -1.54. The van der Waals surface area contributed by atoms with Gasteiger partial charge in [-0.3, -0.25) is 0 Å². The van der Waals surface area contributed by atoms with Crippen LogP contribution in [0.4, 0.5) is 26.3 Å². The van der Waals surface area contributed by atoms with E-state index in [1.807, 2.05) is 0 Å². The molecule has 0 fully saturated rings. The van der Waals surface area contributed by atoms with Gasteiger partial charge in [-0.15, -0.1) is 0 Å². The third kappa shape index (κ3) is 3.50. The largest absolute Gasteiger partial charge is 0.416 e. The molecule has 6 heteroatoms. The third-order valence-electron chi connectivity index (χ3n) is 2.97. The van der Waals surface area contributed by atoms with Gasteiger partial charge in [-0.25, -0.2) is 4.39 Å². The van der Waals surface area contributed by atoms with Gasteiger partial charge in [-0.05, 0) is 23.8 Å². The van der Waals surface area contributed by atoms with Gasteiger partial charge in [0, 0.05) is 5.56 Å². The molecule has 0 spiro atoms. The van der Waals surface area contributed by atoms with Crippen molar-refractivity contribution in [2.75, 3.05) is 0 Å². The van der Waals surface area contributed by atoms with Gasteiger partial charge in [0.25, 0.3) is 0 Å². The summed E-state index contributed by atoms with van der Waals surface area (Å²) in [5.74, 6) is -5.58. The molecule has 0 radical (unpaired) electrons. The zero-order chi connectivity index (χ0) is 16.4. The van der Waals surface area contributed by atoms with E-state index in [1.54, 1.807) is 0 Å². The first-order chi connectivity index (χ1) is 10.2. The molecule has 0 bridgehead atoms. The van der Waals surface area contributed by atoms with Crippen molar-refractivity contribution in [1.82, 2.24) is 0 Å². The highest BCUT2D eigenvalue weighted by molar-refractivity contribution is 5.54. The van der Waals surface area contributed by atoms with Crippen LogP contribution < -0.4 is 0 Å². The van der Waals surface area contributed by atoms with Crippen LogP contribution in [0.5, 0.6) is 0 Å². The van der Waals surface area contributed by atoms with Crippen LogP contribution in [-0.4, -0.2) is 0 Å². The Bertz CT molecular complexity index is 653. The molecule has 2 rings (SSSR count). The van der Waals surface area contributed by atoms with Crippen molar-refractivity contribution in [1.29, 1.82) is 0 Å². The Morgan fingerprint density at radius 2 is 1.27 bits per heavy atom. The van der Waals surface area contributed by atoms with Gasteiger partial charge in [0.05, 0.1) is 5.56 Å². The quantitative estimate of drug-likeness (QED) is 0.627. The Balaban J connectivity index is 2.29. The molecule has 2 aromatic carbocycles. The third-order valence-corrected chi connectivity index (χ3v) is 2.97. The molecule has 0 aliphatic carbocycles.